The lowest BCUT2D eigenvalue weighted by molar-refractivity contribution is -0.142. The van der Waals surface area contributed by atoms with Gasteiger partial charge in [0, 0.05) is 29.2 Å². The lowest BCUT2D eigenvalue weighted by atomic mass is 10.1. The van der Waals surface area contributed by atoms with Crippen molar-refractivity contribution in [3.05, 3.63) is 83.8 Å². The molecule has 0 saturated heterocycles. The minimum atomic E-state index is -4.70. The number of aromatic nitrogens is 4. The van der Waals surface area contributed by atoms with Crippen molar-refractivity contribution in [3.8, 4) is 17.0 Å². The Kier molecular flexibility index (Phi) is 5.64. The highest BCUT2D eigenvalue weighted by Gasteiger charge is 2.36. The van der Waals surface area contributed by atoms with E-state index in [1.54, 1.807) is 24.3 Å². The van der Waals surface area contributed by atoms with Gasteiger partial charge in [0.1, 0.15) is 11.3 Å². The van der Waals surface area contributed by atoms with Crippen molar-refractivity contribution in [3.63, 3.8) is 0 Å². The van der Waals surface area contributed by atoms with Gasteiger partial charge >= 0.3 is 6.18 Å². The second kappa shape index (κ2) is 8.79. The van der Waals surface area contributed by atoms with E-state index >= 15 is 0 Å². The summed E-state index contributed by atoms with van der Waals surface area (Å²) in [6.07, 6.45) is -1.16. The average Bonchev–Trinajstić information content (AvgIpc) is 3.47. The highest BCUT2D eigenvalue weighted by atomic mass is 19.4. The Morgan fingerprint density at radius 3 is 2.66 bits per heavy atom. The predicted octanol–water partition coefficient (Wildman–Crippen LogP) is 4.88. The number of nitrogens with one attached hydrogen (secondary N) is 2. The Bertz CT molecular complexity index is 1520. The van der Waals surface area contributed by atoms with Gasteiger partial charge in [-0.15, -0.1) is 0 Å². The monoisotopic (exact) mass is 479 g/mol. The van der Waals surface area contributed by atoms with Gasteiger partial charge in [-0.3, -0.25) is 4.79 Å². The minimum absolute atomic E-state index is 0.0372. The van der Waals surface area contributed by atoms with E-state index in [0.717, 1.165) is 28.7 Å². The van der Waals surface area contributed by atoms with E-state index in [2.05, 4.69) is 20.4 Å². The third-order valence-electron chi connectivity index (χ3n) is 5.75. The van der Waals surface area contributed by atoms with Crippen LogP contribution in [0.3, 0.4) is 0 Å². The van der Waals surface area contributed by atoms with E-state index in [0.29, 0.717) is 28.8 Å². The summed E-state index contributed by atoms with van der Waals surface area (Å²) in [6.45, 7) is 0.294. The van der Waals surface area contributed by atoms with Crippen LogP contribution in [0.15, 0.2) is 67.0 Å². The molecule has 5 aromatic rings. The summed E-state index contributed by atoms with van der Waals surface area (Å²) in [7, 11) is 1.50. The van der Waals surface area contributed by atoms with Crippen LogP contribution in [0.4, 0.5) is 13.2 Å². The van der Waals surface area contributed by atoms with Gasteiger partial charge in [-0.2, -0.15) is 18.3 Å². The summed E-state index contributed by atoms with van der Waals surface area (Å²) in [5.41, 5.74) is 1.31. The Hall–Kier alpha value is -4.34. The molecule has 3 heterocycles. The molecule has 5 rings (SSSR count). The predicted molar refractivity (Wildman–Crippen MR) is 124 cm³/mol. The topological polar surface area (TPSA) is 84.3 Å². The smallest absolute Gasteiger partial charge is 0.433 e. The van der Waals surface area contributed by atoms with Crippen molar-refractivity contribution in [2.24, 2.45) is 0 Å². The number of hydrogen-bond acceptors (Lipinski definition) is 4. The van der Waals surface area contributed by atoms with Gasteiger partial charge in [0.25, 0.3) is 5.91 Å². The van der Waals surface area contributed by atoms with E-state index in [1.165, 1.54) is 7.11 Å². The summed E-state index contributed by atoms with van der Waals surface area (Å²) in [4.78, 5) is 20.4. The Labute approximate surface area is 197 Å². The fraction of sp³-hybridized carbons (Fsp3) is 0.160. The van der Waals surface area contributed by atoms with E-state index in [4.69, 9.17) is 4.74 Å². The lowest BCUT2D eigenvalue weighted by Crippen LogP contribution is -2.26. The van der Waals surface area contributed by atoms with Crippen LogP contribution in [0, 0.1) is 0 Å². The number of methoxy groups -OCH3 is 1. The molecule has 0 unspecified atom stereocenters. The zero-order valence-electron chi connectivity index (χ0n) is 18.6. The van der Waals surface area contributed by atoms with Crippen molar-refractivity contribution < 1.29 is 22.7 Å². The molecule has 0 aliphatic carbocycles. The van der Waals surface area contributed by atoms with Crippen molar-refractivity contribution in [2.45, 2.75) is 12.6 Å². The molecule has 0 fully saturated rings. The molecule has 10 heteroatoms. The van der Waals surface area contributed by atoms with Gasteiger partial charge in [0.15, 0.2) is 11.3 Å². The van der Waals surface area contributed by atoms with E-state index in [1.807, 2.05) is 30.5 Å². The molecule has 0 spiro atoms. The number of H-pyrrole nitrogens is 1. The van der Waals surface area contributed by atoms with Crippen LogP contribution in [0.5, 0.6) is 5.75 Å². The van der Waals surface area contributed by atoms with Crippen molar-refractivity contribution >= 4 is 22.5 Å². The first-order valence-corrected chi connectivity index (χ1v) is 10.8. The van der Waals surface area contributed by atoms with Gasteiger partial charge in [-0.1, -0.05) is 18.2 Å². The van der Waals surface area contributed by atoms with Crippen LogP contribution >= 0.6 is 0 Å². The molecule has 0 saturated carbocycles. The molecular formula is C25H20F3N5O2. The number of rotatable bonds is 6. The lowest BCUT2D eigenvalue weighted by Gasteiger charge is -2.12. The Balaban J connectivity index is 1.44. The first-order valence-electron chi connectivity index (χ1n) is 10.8. The summed E-state index contributed by atoms with van der Waals surface area (Å²) in [6, 6.07) is 15.2. The van der Waals surface area contributed by atoms with E-state index < -0.39 is 17.8 Å². The summed E-state index contributed by atoms with van der Waals surface area (Å²) >= 11 is 0. The Morgan fingerprint density at radius 1 is 1.14 bits per heavy atom. The number of carbonyl (C=O) groups is 1. The number of carbonyl (C=O) groups excluding carboxylic acids is 1. The zero-order valence-corrected chi connectivity index (χ0v) is 18.6. The summed E-state index contributed by atoms with van der Waals surface area (Å²) in [5.74, 6) is 0.0119. The summed E-state index contributed by atoms with van der Waals surface area (Å²) in [5, 5.41) is 7.64. The number of benzene rings is 2. The number of para-hydroxylation sites is 1. The molecule has 2 aromatic carbocycles. The molecule has 1 amide bonds. The van der Waals surface area contributed by atoms with Crippen LogP contribution in [0.25, 0.3) is 27.8 Å². The highest BCUT2D eigenvalue weighted by molar-refractivity contribution is 6.00. The molecule has 0 bridgehead atoms. The first kappa shape index (κ1) is 22.5. The normalized spacial score (nSPS) is 11.8. The molecule has 178 valence electrons. The van der Waals surface area contributed by atoms with Crippen LogP contribution in [-0.2, 0) is 12.6 Å². The van der Waals surface area contributed by atoms with Crippen LogP contribution in [0.2, 0.25) is 0 Å². The summed E-state index contributed by atoms with van der Waals surface area (Å²) < 4.78 is 47.2. The van der Waals surface area contributed by atoms with E-state index in [9.17, 15) is 18.0 Å². The van der Waals surface area contributed by atoms with Gasteiger partial charge in [-0.25, -0.2) is 9.50 Å². The third-order valence-corrected chi connectivity index (χ3v) is 5.75. The van der Waals surface area contributed by atoms with Crippen molar-refractivity contribution in [2.75, 3.05) is 13.7 Å². The average molecular weight is 479 g/mol. The SMILES string of the molecule is COc1ccc(-c2cc(C(F)(F)F)n3ncc(C(=O)NCCc4c[nH]c5ccccc45)c3n2)cc1. The fourth-order valence-corrected chi connectivity index (χ4v) is 3.98. The number of amides is 1. The molecule has 0 radical (unpaired) electrons. The van der Waals surface area contributed by atoms with E-state index in [-0.39, 0.29) is 16.9 Å². The molecule has 7 nitrogen and oxygen atoms in total. The maximum Gasteiger partial charge on any atom is 0.433 e. The van der Waals surface area contributed by atoms with Gasteiger partial charge < -0.3 is 15.0 Å². The molecule has 3 aromatic heterocycles. The number of alkyl halides is 3. The molecule has 35 heavy (non-hydrogen) atoms. The maximum atomic E-state index is 13.8. The molecule has 0 aliphatic rings. The largest absolute Gasteiger partial charge is 0.497 e. The number of nitrogens with zero attached hydrogens (tertiary/aromatic N) is 3. The number of ether oxygens (including phenoxy) is 1. The molecule has 0 atom stereocenters. The third kappa shape index (κ3) is 4.30. The standard InChI is InChI=1S/C25H20F3N5O2/c1-35-17-8-6-15(7-9-17)21-12-22(25(26,27)28)33-23(32-21)19(14-31-33)24(34)29-11-10-16-13-30-20-5-3-2-4-18(16)20/h2-9,12-14,30H,10-11H2,1H3,(H,29,34). The number of hydrogen-bond donors (Lipinski definition) is 2. The van der Waals surface area contributed by atoms with Gasteiger partial charge in [0.2, 0.25) is 0 Å². The molecule has 2 N–H and O–H groups in total. The van der Waals surface area contributed by atoms with Crippen LogP contribution in [-0.4, -0.2) is 39.1 Å². The number of fused-ring (bicyclic) bond motifs is 2. The van der Waals surface area contributed by atoms with Gasteiger partial charge in [0.05, 0.1) is 19.0 Å². The first-order chi connectivity index (χ1) is 16.8. The second-order valence-corrected chi connectivity index (χ2v) is 7.91. The van der Waals surface area contributed by atoms with Gasteiger partial charge in [-0.05, 0) is 48.4 Å². The number of aromatic amines is 1. The highest BCUT2D eigenvalue weighted by Crippen LogP contribution is 2.33. The van der Waals surface area contributed by atoms with Crippen LogP contribution in [0.1, 0.15) is 21.6 Å². The molecule has 0 aliphatic heterocycles. The molecular weight excluding hydrogens is 459 g/mol. The fourth-order valence-electron chi connectivity index (χ4n) is 3.98. The van der Waals surface area contributed by atoms with Crippen molar-refractivity contribution in [1.82, 2.24) is 24.9 Å². The zero-order chi connectivity index (χ0) is 24.6. The van der Waals surface area contributed by atoms with Crippen molar-refractivity contribution in [1.29, 1.82) is 0 Å². The number of halogens is 3. The maximum absolute atomic E-state index is 13.8. The second-order valence-electron chi connectivity index (χ2n) is 7.91. The Morgan fingerprint density at radius 2 is 1.91 bits per heavy atom. The quantitative estimate of drug-likeness (QED) is 0.364. The van der Waals surface area contributed by atoms with Crippen LogP contribution < -0.4 is 10.1 Å². The minimum Gasteiger partial charge on any atom is -0.497 e.